The molecule has 0 aromatic carbocycles. The average Bonchev–Trinajstić information content (AvgIpc) is 2.69. The van der Waals surface area contributed by atoms with Crippen molar-refractivity contribution in [1.29, 1.82) is 0 Å². The van der Waals surface area contributed by atoms with E-state index in [1.165, 1.54) is 0 Å². The highest BCUT2D eigenvalue weighted by Crippen LogP contribution is 2.43. The smallest absolute Gasteiger partial charge is 0.357 e. The zero-order chi connectivity index (χ0) is 29.1. The predicted molar refractivity (Wildman–Crippen MR) is 103 cm³/mol. The molecule has 0 bridgehead atoms. The topological polar surface area (TPSA) is 69.9 Å². The van der Waals surface area contributed by atoms with Crippen molar-refractivity contribution in [2.45, 2.75) is 70.9 Å². The van der Waals surface area contributed by atoms with Gasteiger partial charge in [0.15, 0.2) is 12.3 Å². The lowest BCUT2D eigenvalue weighted by atomic mass is 9.91. The summed E-state index contributed by atoms with van der Waals surface area (Å²) in [5, 5.41) is 8.94. The summed E-state index contributed by atoms with van der Waals surface area (Å²) in [4.78, 5) is 0. The molecule has 4 nitrogen and oxygen atoms in total. The fourth-order valence-corrected chi connectivity index (χ4v) is 3.51. The van der Waals surface area contributed by atoms with Gasteiger partial charge < -0.3 is 20.1 Å². The van der Waals surface area contributed by atoms with Crippen molar-refractivity contribution in [3.8, 4) is 0 Å². The first kappa shape index (κ1) is 36.2. The molecular weight excluding hydrogens is 626 g/mol. The van der Waals surface area contributed by atoms with Gasteiger partial charge in [0.05, 0.1) is 12.7 Å². The standard InChI is InChI=1S/C16H18Cl4F12O4/c17-13(25,26)8(21)5(1-7(34)10(23)15(19,29)30)4-36-12(35,11(24)16(20,31)32)2-6(3-33)9(22)14(18,27)28/h5-11,33-35H,1-4H2. The Morgan fingerprint density at radius 1 is 0.667 bits per heavy atom. The first-order valence-corrected chi connectivity index (χ1v) is 10.8. The summed E-state index contributed by atoms with van der Waals surface area (Å²) in [6, 6.07) is 0. The molecule has 0 aromatic rings. The van der Waals surface area contributed by atoms with Gasteiger partial charge in [-0.1, -0.05) is 0 Å². The summed E-state index contributed by atoms with van der Waals surface area (Å²) < 4.78 is 165. The van der Waals surface area contributed by atoms with Crippen LogP contribution in [0.2, 0.25) is 0 Å². The SMILES string of the molecule is OCC(CC(O)(OCC(CC(O)C(F)C(F)(F)Cl)C(F)C(F)(F)Cl)C(F)C(F)(F)Cl)C(F)C(F)(F)Cl. The number of hydrogen-bond donors (Lipinski definition) is 3. The van der Waals surface area contributed by atoms with E-state index in [0.29, 0.717) is 0 Å². The second-order valence-electron chi connectivity index (χ2n) is 7.60. The second-order valence-corrected chi connectivity index (χ2v) is 9.62. The lowest BCUT2D eigenvalue weighted by molar-refractivity contribution is -0.288. The van der Waals surface area contributed by atoms with Crippen LogP contribution in [0.3, 0.4) is 0 Å². The Kier molecular flexibility index (Phi) is 13.1. The second kappa shape index (κ2) is 13.0. The molecule has 0 aliphatic heterocycles. The number of aliphatic hydroxyl groups excluding tert-OH is 2. The molecule has 0 rings (SSSR count). The molecular formula is C16H18Cl4F12O4. The van der Waals surface area contributed by atoms with Gasteiger partial charge in [0.1, 0.15) is 0 Å². The maximum atomic E-state index is 14.3. The van der Waals surface area contributed by atoms with Gasteiger partial charge in [-0.15, -0.1) is 0 Å². The summed E-state index contributed by atoms with van der Waals surface area (Å²) in [6.45, 7) is -3.73. The lowest BCUT2D eigenvalue weighted by Gasteiger charge is -2.38. The van der Waals surface area contributed by atoms with E-state index in [2.05, 4.69) is 51.1 Å². The van der Waals surface area contributed by atoms with E-state index in [1.54, 1.807) is 0 Å². The molecule has 3 N–H and O–H groups in total. The van der Waals surface area contributed by atoms with Crippen LogP contribution in [0.1, 0.15) is 12.8 Å². The van der Waals surface area contributed by atoms with Crippen LogP contribution in [0, 0.1) is 11.8 Å². The minimum absolute atomic E-state index is 1.74. The van der Waals surface area contributed by atoms with Gasteiger partial charge in [-0.3, -0.25) is 0 Å². The first-order chi connectivity index (χ1) is 15.8. The average molecular weight is 644 g/mol. The van der Waals surface area contributed by atoms with Crippen LogP contribution in [0.4, 0.5) is 52.7 Å². The largest absolute Gasteiger partial charge is 0.396 e. The molecule has 0 radical (unpaired) electrons. The molecule has 218 valence electrons. The number of halogens is 16. The van der Waals surface area contributed by atoms with E-state index >= 15 is 0 Å². The number of alkyl halides is 16. The van der Waals surface area contributed by atoms with Crippen molar-refractivity contribution in [2.24, 2.45) is 11.8 Å². The highest BCUT2D eigenvalue weighted by atomic mass is 35.5. The van der Waals surface area contributed by atoms with E-state index < -0.39 is 96.0 Å². The molecule has 0 amide bonds. The zero-order valence-electron chi connectivity index (χ0n) is 17.2. The molecule has 0 fully saturated rings. The van der Waals surface area contributed by atoms with Crippen molar-refractivity contribution < 1.29 is 72.7 Å². The van der Waals surface area contributed by atoms with E-state index in [0.717, 1.165) is 0 Å². The molecule has 0 spiro atoms. The summed E-state index contributed by atoms with van der Waals surface area (Å²) in [7, 11) is 0. The summed E-state index contributed by atoms with van der Waals surface area (Å²) in [5.41, 5.74) is 0. The molecule has 0 saturated carbocycles. The van der Waals surface area contributed by atoms with Gasteiger partial charge in [-0.2, -0.15) is 35.1 Å². The van der Waals surface area contributed by atoms with Crippen LogP contribution < -0.4 is 0 Å². The fraction of sp³-hybridized carbons (Fsp3) is 1.00. The lowest BCUT2D eigenvalue weighted by Crippen LogP contribution is -2.54. The Bertz CT molecular complexity index is 675. The Morgan fingerprint density at radius 2 is 1.06 bits per heavy atom. The van der Waals surface area contributed by atoms with Gasteiger partial charge in [-0.05, 0) is 52.8 Å². The van der Waals surface area contributed by atoms with Gasteiger partial charge >= 0.3 is 21.5 Å². The molecule has 0 aliphatic rings. The third-order valence-electron chi connectivity index (χ3n) is 4.67. The van der Waals surface area contributed by atoms with Crippen molar-refractivity contribution in [2.75, 3.05) is 13.2 Å². The Labute approximate surface area is 215 Å². The maximum absolute atomic E-state index is 14.3. The maximum Gasteiger partial charge on any atom is 0.357 e. The number of aliphatic hydroxyl groups is 3. The zero-order valence-corrected chi connectivity index (χ0v) is 20.2. The molecule has 0 aliphatic carbocycles. The molecule has 0 aromatic heterocycles. The number of rotatable bonds is 16. The van der Waals surface area contributed by atoms with Crippen molar-refractivity contribution in [1.82, 2.24) is 0 Å². The van der Waals surface area contributed by atoms with Crippen LogP contribution in [-0.4, -0.2) is 86.6 Å². The van der Waals surface area contributed by atoms with E-state index in [1.807, 2.05) is 0 Å². The van der Waals surface area contributed by atoms with Crippen molar-refractivity contribution in [3.05, 3.63) is 0 Å². The molecule has 20 heteroatoms. The minimum Gasteiger partial charge on any atom is -0.396 e. The monoisotopic (exact) mass is 642 g/mol. The van der Waals surface area contributed by atoms with E-state index in [9.17, 15) is 62.9 Å². The fourth-order valence-electron chi connectivity index (χ4n) is 2.83. The summed E-state index contributed by atoms with van der Waals surface area (Å²) in [6.07, 6.45) is -22.3. The van der Waals surface area contributed by atoms with Gasteiger partial charge in [0, 0.05) is 24.9 Å². The van der Waals surface area contributed by atoms with Crippen molar-refractivity contribution in [3.63, 3.8) is 0 Å². The Morgan fingerprint density at radius 3 is 1.39 bits per heavy atom. The van der Waals surface area contributed by atoms with Crippen molar-refractivity contribution >= 4 is 46.4 Å². The highest BCUT2D eigenvalue weighted by molar-refractivity contribution is 6.22. The molecule has 8 unspecified atom stereocenters. The molecule has 0 heterocycles. The normalized spacial score (nSPS) is 21.8. The van der Waals surface area contributed by atoms with Crippen LogP contribution >= 0.6 is 46.4 Å². The summed E-state index contributed by atoms with van der Waals surface area (Å²) >= 11 is 17.6. The quantitative estimate of drug-likeness (QED) is 0.114. The van der Waals surface area contributed by atoms with Gasteiger partial charge in [0.25, 0.3) is 0 Å². The van der Waals surface area contributed by atoms with Crippen LogP contribution in [0.25, 0.3) is 0 Å². The number of ether oxygens (including phenoxy) is 1. The third kappa shape index (κ3) is 10.7. The summed E-state index contributed by atoms with van der Waals surface area (Å²) in [5.74, 6) is -9.79. The first-order valence-electron chi connectivity index (χ1n) is 9.27. The van der Waals surface area contributed by atoms with Crippen LogP contribution in [0.15, 0.2) is 0 Å². The predicted octanol–water partition coefficient (Wildman–Crippen LogP) is 5.74. The Hall–Kier alpha value is 0.160. The third-order valence-corrected chi connectivity index (χ3v) is 5.48. The number of hydrogen-bond acceptors (Lipinski definition) is 4. The Balaban J connectivity index is 6.17. The van der Waals surface area contributed by atoms with E-state index in [-0.39, 0.29) is 0 Å². The molecule has 0 saturated heterocycles. The molecule has 8 atom stereocenters. The van der Waals surface area contributed by atoms with Gasteiger partial charge in [0.2, 0.25) is 18.1 Å². The highest BCUT2D eigenvalue weighted by Gasteiger charge is 2.57. The van der Waals surface area contributed by atoms with E-state index in [4.69, 9.17) is 5.11 Å². The molecule has 36 heavy (non-hydrogen) atoms. The minimum atomic E-state index is -5.16. The van der Waals surface area contributed by atoms with Gasteiger partial charge in [-0.25, -0.2) is 17.6 Å². The van der Waals surface area contributed by atoms with Crippen LogP contribution in [-0.2, 0) is 4.74 Å². The van der Waals surface area contributed by atoms with Crippen LogP contribution in [0.5, 0.6) is 0 Å².